The minimum Gasteiger partial charge on any atom is -0.379 e. The molecule has 2 saturated heterocycles. The minimum atomic E-state index is -0.208. The molecule has 8 rings (SSSR count). The highest BCUT2D eigenvalue weighted by Crippen LogP contribution is 2.46. The fraction of sp³-hybridized carbons (Fsp3) is 0.383. The molecule has 10 nitrogen and oxygen atoms in total. The number of fused-ring (bicyclic) bond motifs is 1. The highest BCUT2D eigenvalue weighted by molar-refractivity contribution is 6.10. The molecule has 4 aromatic rings. The predicted molar refractivity (Wildman–Crippen MR) is 224 cm³/mol. The van der Waals surface area contributed by atoms with E-state index in [1.165, 1.54) is 0 Å². The van der Waals surface area contributed by atoms with Crippen LogP contribution in [0.4, 0.5) is 11.4 Å². The maximum absolute atomic E-state index is 14.3. The molecule has 0 radical (unpaired) electrons. The average Bonchev–Trinajstić information content (AvgIpc) is 3.61. The number of hydrogen-bond acceptors (Lipinski definition) is 7. The highest BCUT2D eigenvalue weighted by Gasteiger charge is 2.40. The Morgan fingerprint density at radius 3 is 2.02 bits per heavy atom. The Morgan fingerprint density at radius 1 is 0.684 bits per heavy atom. The van der Waals surface area contributed by atoms with Crippen LogP contribution in [0.5, 0.6) is 0 Å². The van der Waals surface area contributed by atoms with Gasteiger partial charge in [-0.3, -0.25) is 24.2 Å². The predicted octanol–water partition coefficient (Wildman–Crippen LogP) is 6.40. The molecule has 3 amide bonds. The number of nitrogens with one attached hydrogen (secondary N) is 1. The Bertz CT molecular complexity index is 2040. The first kappa shape index (κ1) is 38.7. The molecular weight excluding hydrogens is 715 g/mol. The molecule has 2 fully saturated rings. The van der Waals surface area contributed by atoms with E-state index in [9.17, 15) is 14.4 Å². The second kappa shape index (κ2) is 18.0. The first-order valence-corrected chi connectivity index (χ1v) is 20.5. The van der Waals surface area contributed by atoms with Gasteiger partial charge in [-0.25, -0.2) is 0 Å². The van der Waals surface area contributed by atoms with Gasteiger partial charge in [-0.2, -0.15) is 0 Å². The first-order chi connectivity index (χ1) is 27.9. The molecule has 0 saturated carbocycles. The van der Waals surface area contributed by atoms with Crippen molar-refractivity contribution in [2.45, 2.75) is 25.7 Å². The fourth-order valence-corrected chi connectivity index (χ4v) is 8.75. The third kappa shape index (κ3) is 9.21. The standard InChI is InChI=1S/C47H53N5O5/c53-44(42-12-6-5-11-41(42)36-8-2-1-3-9-36)48-40-16-14-37(15-17-40)46(55)52-21-20-47(34-38-10-4-7-13-43(38)52)19-18-39(35-47)45(54)51(24-22-49-26-30-56-31-27-49)25-23-50-28-32-57-33-29-50/h1-17,35H,18-34H2,(H,48,53). The SMILES string of the molecule is O=C(Nc1ccc(C(=O)N2CCC3(C=C(C(=O)N(CCN4CCOCC4)CCN4CCOCC4)CC3)Cc3ccccc32)cc1)c1ccccc1-c1ccccc1. The molecule has 3 heterocycles. The minimum absolute atomic E-state index is 0.0810. The number of anilines is 2. The lowest BCUT2D eigenvalue weighted by molar-refractivity contribution is -0.128. The molecule has 10 heteroatoms. The van der Waals surface area contributed by atoms with Crippen LogP contribution in [0.15, 0.2) is 115 Å². The zero-order chi connectivity index (χ0) is 39.0. The number of hydrogen-bond donors (Lipinski definition) is 1. The van der Waals surface area contributed by atoms with E-state index in [0.717, 1.165) is 119 Å². The third-order valence-electron chi connectivity index (χ3n) is 12.1. The van der Waals surface area contributed by atoms with Crippen molar-refractivity contribution < 1.29 is 23.9 Å². The van der Waals surface area contributed by atoms with Gasteiger partial charge in [0, 0.05) is 87.0 Å². The summed E-state index contributed by atoms with van der Waals surface area (Å²) in [4.78, 5) is 50.8. The van der Waals surface area contributed by atoms with Crippen LogP contribution in [0.1, 0.15) is 45.5 Å². The van der Waals surface area contributed by atoms with Gasteiger partial charge in [0.1, 0.15) is 0 Å². The summed E-state index contributed by atoms with van der Waals surface area (Å²) >= 11 is 0. The first-order valence-electron chi connectivity index (χ1n) is 20.5. The number of morpholine rings is 2. The molecule has 296 valence electrons. The van der Waals surface area contributed by atoms with Gasteiger partial charge in [0.05, 0.1) is 26.4 Å². The van der Waals surface area contributed by atoms with Gasteiger partial charge < -0.3 is 24.6 Å². The topological polar surface area (TPSA) is 94.7 Å². The number of amides is 3. The van der Waals surface area contributed by atoms with Gasteiger partial charge in [0.15, 0.2) is 0 Å². The lowest BCUT2D eigenvalue weighted by atomic mass is 9.79. The largest absolute Gasteiger partial charge is 0.379 e. The molecule has 1 unspecified atom stereocenters. The molecule has 1 aliphatic carbocycles. The maximum atomic E-state index is 14.3. The second-order valence-electron chi connectivity index (χ2n) is 15.7. The summed E-state index contributed by atoms with van der Waals surface area (Å²) in [5.74, 6) is -0.142. The van der Waals surface area contributed by atoms with Crippen LogP contribution >= 0.6 is 0 Å². The molecule has 3 aliphatic heterocycles. The Balaban J connectivity index is 0.957. The Kier molecular flexibility index (Phi) is 12.2. The molecule has 1 N–H and O–H groups in total. The summed E-state index contributed by atoms with van der Waals surface area (Å²) in [6.07, 6.45) is 5.43. The van der Waals surface area contributed by atoms with Crippen molar-refractivity contribution in [2.75, 3.05) is 95.5 Å². The van der Waals surface area contributed by atoms with Crippen molar-refractivity contribution in [3.05, 3.63) is 131 Å². The van der Waals surface area contributed by atoms with Crippen LogP contribution in [0.25, 0.3) is 11.1 Å². The van der Waals surface area contributed by atoms with Crippen LogP contribution in [-0.2, 0) is 20.7 Å². The molecule has 4 aliphatic rings. The number of ether oxygens (including phenoxy) is 2. The lowest BCUT2D eigenvalue weighted by Gasteiger charge is -2.33. The van der Waals surface area contributed by atoms with Crippen molar-refractivity contribution in [1.82, 2.24) is 14.7 Å². The smallest absolute Gasteiger partial charge is 0.258 e. The number of para-hydroxylation sites is 1. The van der Waals surface area contributed by atoms with Gasteiger partial charge in [-0.1, -0.05) is 72.8 Å². The van der Waals surface area contributed by atoms with Gasteiger partial charge in [0.25, 0.3) is 11.8 Å². The van der Waals surface area contributed by atoms with E-state index >= 15 is 0 Å². The number of rotatable bonds is 11. The van der Waals surface area contributed by atoms with E-state index in [1.807, 2.05) is 77.7 Å². The quantitative estimate of drug-likeness (QED) is 0.189. The average molecular weight is 768 g/mol. The van der Waals surface area contributed by atoms with Crippen molar-refractivity contribution >= 4 is 29.1 Å². The molecule has 0 aromatic heterocycles. The Hall–Kier alpha value is -5.13. The molecule has 1 spiro atoms. The van der Waals surface area contributed by atoms with E-state index in [1.54, 1.807) is 24.3 Å². The summed E-state index contributed by atoms with van der Waals surface area (Å²) in [5, 5.41) is 3.03. The highest BCUT2D eigenvalue weighted by atomic mass is 16.5. The lowest BCUT2D eigenvalue weighted by Crippen LogP contribution is -2.47. The number of carbonyl (C=O) groups excluding carboxylic acids is 3. The van der Waals surface area contributed by atoms with Crippen molar-refractivity contribution in [1.29, 1.82) is 0 Å². The Labute approximate surface area is 336 Å². The zero-order valence-electron chi connectivity index (χ0n) is 32.7. The normalized spacial score (nSPS) is 20.1. The third-order valence-corrected chi connectivity index (χ3v) is 12.1. The van der Waals surface area contributed by atoms with Gasteiger partial charge in [-0.15, -0.1) is 0 Å². The Morgan fingerprint density at radius 2 is 1.32 bits per heavy atom. The monoisotopic (exact) mass is 767 g/mol. The van der Waals surface area contributed by atoms with Crippen LogP contribution in [0.3, 0.4) is 0 Å². The maximum Gasteiger partial charge on any atom is 0.258 e. The van der Waals surface area contributed by atoms with Gasteiger partial charge >= 0.3 is 0 Å². The van der Waals surface area contributed by atoms with Crippen molar-refractivity contribution in [2.24, 2.45) is 5.41 Å². The zero-order valence-corrected chi connectivity index (χ0v) is 32.7. The van der Waals surface area contributed by atoms with Crippen LogP contribution in [0, 0.1) is 5.41 Å². The second-order valence-corrected chi connectivity index (χ2v) is 15.7. The van der Waals surface area contributed by atoms with Crippen molar-refractivity contribution in [3.63, 3.8) is 0 Å². The molecule has 4 aromatic carbocycles. The number of nitrogens with zero attached hydrogens (tertiary/aromatic N) is 4. The molecule has 0 bridgehead atoms. The van der Waals surface area contributed by atoms with Crippen LogP contribution in [0.2, 0.25) is 0 Å². The number of benzene rings is 4. The van der Waals surface area contributed by atoms with Crippen LogP contribution in [-0.4, -0.2) is 118 Å². The van der Waals surface area contributed by atoms with E-state index in [4.69, 9.17) is 9.47 Å². The molecular formula is C47H53N5O5. The number of carbonyl (C=O) groups is 3. The summed E-state index contributed by atoms with van der Waals surface area (Å²) in [5.41, 5.74) is 6.31. The molecule has 1 atom stereocenters. The number of allylic oxidation sites excluding steroid dienone is 1. The summed E-state index contributed by atoms with van der Waals surface area (Å²) in [6.45, 7) is 10.2. The van der Waals surface area contributed by atoms with Gasteiger partial charge in [0.2, 0.25) is 5.91 Å². The van der Waals surface area contributed by atoms with E-state index < -0.39 is 0 Å². The summed E-state index contributed by atoms with van der Waals surface area (Å²) in [6, 6.07) is 32.8. The summed E-state index contributed by atoms with van der Waals surface area (Å²) in [7, 11) is 0. The fourth-order valence-electron chi connectivity index (χ4n) is 8.75. The van der Waals surface area contributed by atoms with Gasteiger partial charge in [-0.05, 0) is 84.2 Å². The summed E-state index contributed by atoms with van der Waals surface area (Å²) < 4.78 is 11.1. The van der Waals surface area contributed by atoms with E-state index in [0.29, 0.717) is 36.4 Å². The van der Waals surface area contributed by atoms with E-state index in [2.05, 4.69) is 32.2 Å². The molecule has 57 heavy (non-hydrogen) atoms. The van der Waals surface area contributed by atoms with Crippen LogP contribution < -0.4 is 10.2 Å². The van der Waals surface area contributed by atoms with Crippen molar-refractivity contribution in [3.8, 4) is 11.1 Å². The van der Waals surface area contributed by atoms with E-state index in [-0.39, 0.29) is 23.1 Å².